The third-order valence-corrected chi connectivity index (χ3v) is 2.82. The highest BCUT2D eigenvalue weighted by atomic mass is 16.6. The van der Waals surface area contributed by atoms with Crippen molar-refractivity contribution in [3.05, 3.63) is 68.1 Å². The minimum Gasteiger partial charge on any atom is -0.457 e. The largest absolute Gasteiger partial charge is 0.457 e. The second-order valence-corrected chi connectivity index (χ2v) is 4.50. The maximum absolute atomic E-state index is 10.9. The number of nitro groups is 1. The van der Waals surface area contributed by atoms with Gasteiger partial charge in [-0.2, -0.15) is 0 Å². The van der Waals surface area contributed by atoms with Gasteiger partial charge >= 0.3 is 0 Å². The zero-order chi connectivity index (χ0) is 15.4. The SMILES string of the molecule is Cc1ccc(C)c(Oc2cc(N=[N+]=[N-])cc([N+](=O)[O-])c2)c1. The van der Waals surface area contributed by atoms with Crippen molar-refractivity contribution in [3.8, 4) is 11.5 Å². The number of nitro benzene ring substituents is 1. The number of ether oxygens (including phenoxy) is 1. The molecule has 0 amide bonds. The molecule has 0 heterocycles. The molecule has 0 spiro atoms. The molecule has 0 aromatic heterocycles. The number of hydrogen-bond donors (Lipinski definition) is 0. The topological polar surface area (TPSA) is 101 Å². The van der Waals surface area contributed by atoms with Crippen LogP contribution in [0.15, 0.2) is 41.5 Å². The first-order chi connectivity index (χ1) is 9.99. The summed E-state index contributed by atoms with van der Waals surface area (Å²) in [6.07, 6.45) is 0. The van der Waals surface area contributed by atoms with Gasteiger partial charge in [0.2, 0.25) is 0 Å². The number of aryl methyl sites for hydroxylation is 2. The molecule has 0 bridgehead atoms. The maximum Gasteiger partial charge on any atom is 0.273 e. The van der Waals surface area contributed by atoms with Crippen LogP contribution in [0.1, 0.15) is 11.1 Å². The van der Waals surface area contributed by atoms with E-state index in [1.807, 2.05) is 32.0 Å². The van der Waals surface area contributed by atoms with Crippen molar-refractivity contribution in [2.24, 2.45) is 5.11 Å². The number of nitrogens with zero attached hydrogens (tertiary/aromatic N) is 4. The lowest BCUT2D eigenvalue weighted by Crippen LogP contribution is -1.91. The van der Waals surface area contributed by atoms with Crippen LogP contribution >= 0.6 is 0 Å². The van der Waals surface area contributed by atoms with Crippen LogP contribution in [0.5, 0.6) is 11.5 Å². The highest BCUT2D eigenvalue weighted by molar-refractivity contribution is 5.54. The van der Waals surface area contributed by atoms with Crippen molar-refractivity contribution in [3.63, 3.8) is 0 Å². The fourth-order valence-corrected chi connectivity index (χ4v) is 1.79. The Hall–Kier alpha value is -3.05. The van der Waals surface area contributed by atoms with Gasteiger partial charge in [-0.1, -0.05) is 17.2 Å². The van der Waals surface area contributed by atoms with Gasteiger partial charge < -0.3 is 4.74 Å². The fraction of sp³-hybridized carbons (Fsp3) is 0.143. The molecule has 2 aromatic rings. The minimum atomic E-state index is -0.563. The average molecular weight is 284 g/mol. The number of rotatable bonds is 4. The molecule has 0 atom stereocenters. The maximum atomic E-state index is 10.9. The quantitative estimate of drug-likeness (QED) is 0.261. The molecular weight excluding hydrogens is 272 g/mol. The molecule has 2 aromatic carbocycles. The summed E-state index contributed by atoms with van der Waals surface area (Å²) in [5, 5.41) is 14.3. The van der Waals surface area contributed by atoms with Crippen LogP contribution in [0, 0.1) is 24.0 Å². The fourth-order valence-electron chi connectivity index (χ4n) is 1.79. The predicted octanol–water partition coefficient (Wildman–Crippen LogP) is 4.95. The van der Waals surface area contributed by atoms with Crippen molar-refractivity contribution in [1.82, 2.24) is 0 Å². The van der Waals surface area contributed by atoms with Crippen LogP contribution in [-0.4, -0.2) is 4.92 Å². The highest BCUT2D eigenvalue weighted by Gasteiger charge is 2.11. The summed E-state index contributed by atoms with van der Waals surface area (Å²) in [5.74, 6) is 0.850. The minimum absolute atomic E-state index is 0.131. The predicted molar refractivity (Wildman–Crippen MR) is 77.9 cm³/mol. The molecular formula is C14H12N4O3. The van der Waals surface area contributed by atoms with Crippen LogP contribution < -0.4 is 4.74 Å². The number of benzene rings is 2. The van der Waals surface area contributed by atoms with E-state index in [9.17, 15) is 10.1 Å². The van der Waals surface area contributed by atoms with Gasteiger partial charge in [0, 0.05) is 16.7 Å². The van der Waals surface area contributed by atoms with Crippen LogP contribution in [0.4, 0.5) is 11.4 Å². The van der Waals surface area contributed by atoms with Gasteiger partial charge in [-0.3, -0.25) is 10.1 Å². The third kappa shape index (κ3) is 3.49. The lowest BCUT2D eigenvalue weighted by Gasteiger charge is -2.10. The summed E-state index contributed by atoms with van der Waals surface area (Å²) < 4.78 is 5.68. The first kappa shape index (κ1) is 14.4. The lowest BCUT2D eigenvalue weighted by molar-refractivity contribution is -0.384. The smallest absolute Gasteiger partial charge is 0.273 e. The Kier molecular flexibility index (Phi) is 4.06. The van der Waals surface area contributed by atoms with Crippen LogP contribution in [0.3, 0.4) is 0 Å². The van der Waals surface area contributed by atoms with Crippen LogP contribution in [-0.2, 0) is 0 Å². The van der Waals surface area contributed by atoms with Gasteiger partial charge in [-0.25, -0.2) is 0 Å². The average Bonchev–Trinajstić information content (AvgIpc) is 2.43. The van der Waals surface area contributed by atoms with E-state index in [0.29, 0.717) is 5.75 Å². The Labute approximate surface area is 120 Å². The zero-order valence-corrected chi connectivity index (χ0v) is 11.5. The van der Waals surface area contributed by atoms with E-state index in [0.717, 1.165) is 11.1 Å². The number of hydrogen-bond acceptors (Lipinski definition) is 4. The summed E-state index contributed by atoms with van der Waals surface area (Å²) in [6.45, 7) is 3.80. The normalized spacial score (nSPS) is 9.81. The Morgan fingerprint density at radius 3 is 2.67 bits per heavy atom. The van der Waals surface area contributed by atoms with Gasteiger partial charge in [0.05, 0.1) is 11.0 Å². The number of non-ortho nitro benzene ring substituents is 1. The molecule has 7 heteroatoms. The van der Waals surface area contributed by atoms with E-state index >= 15 is 0 Å². The van der Waals surface area contributed by atoms with Crippen molar-refractivity contribution >= 4 is 11.4 Å². The first-order valence-corrected chi connectivity index (χ1v) is 6.09. The van der Waals surface area contributed by atoms with Gasteiger partial charge in [0.1, 0.15) is 11.5 Å². The van der Waals surface area contributed by atoms with Crippen molar-refractivity contribution in [2.45, 2.75) is 13.8 Å². The van der Waals surface area contributed by atoms with Crippen LogP contribution in [0.25, 0.3) is 10.4 Å². The molecule has 0 aliphatic heterocycles. The molecule has 0 aliphatic rings. The van der Waals surface area contributed by atoms with E-state index in [1.165, 1.54) is 18.2 Å². The molecule has 7 nitrogen and oxygen atoms in total. The van der Waals surface area contributed by atoms with E-state index in [4.69, 9.17) is 10.3 Å². The Morgan fingerprint density at radius 1 is 1.24 bits per heavy atom. The van der Waals surface area contributed by atoms with Gasteiger partial charge in [-0.05, 0) is 42.6 Å². The molecule has 106 valence electrons. The summed E-state index contributed by atoms with van der Waals surface area (Å²) in [4.78, 5) is 13.0. The standard InChI is InChI=1S/C14H12N4O3/c1-9-3-4-10(2)14(5-9)21-13-7-11(16-17-15)6-12(8-13)18(19)20/h3-8H,1-2H3. The van der Waals surface area contributed by atoms with Crippen molar-refractivity contribution in [1.29, 1.82) is 0 Å². The Morgan fingerprint density at radius 2 is 2.00 bits per heavy atom. The third-order valence-electron chi connectivity index (χ3n) is 2.82. The second kappa shape index (κ2) is 5.94. The number of azide groups is 1. The molecule has 0 N–H and O–H groups in total. The van der Waals surface area contributed by atoms with Gasteiger partial charge in [0.25, 0.3) is 5.69 Å². The molecule has 21 heavy (non-hydrogen) atoms. The lowest BCUT2D eigenvalue weighted by atomic mass is 10.1. The molecule has 0 unspecified atom stereocenters. The van der Waals surface area contributed by atoms with Gasteiger partial charge in [-0.15, -0.1) is 0 Å². The summed E-state index contributed by atoms with van der Waals surface area (Å²) in [6, 6.07) is 9.61. The van der Waals surface area contributed by atoms with E-state index < -0.39 is 4.92 Å². The van der Waals surface area contributed by atoms with Crippen molar-refractivity contribution < 1.29 is 9.66 Å². The monoisotopic (exact) mass is 284 g/mol. The Bertz CT molecular complexity index is 732. The molecule has 0 saturated heterocycles. The Balaban J connectivity index is 2.45. The molecule has 0 saturated carbocycles. The molecule has 2 rings (SSSR count). The zero-order valence-electron chi connectivity index (χ0n) is 11.5. The molecule has 0 aliphatic carbocycles. The van der Waals surface area contributed by atoms with E-state index in [-0.39, 0.29) is 17.1 Å². The highest BCUT2D eigenvalue weighted by Crippen LogP contribution is 2.32. The molecule has 0 radical (unpaired) electrons. The summed E-state index contributed by atoms with van der Waals surface area (Å²) in [5.41, 5.74) is 10.3. The summed E-state index contributed by atoms with van der Waals surface area (Å²) >= 11 is 0. The molecule has 0 fully saturated rings. The summed E-state index contributed by atoms with van der Waals surface area (Å²) in [7, 11) is 0. The van der Waals surface area contributed by atoms with Crippen molar-refractivity contribution in [2.75, 3.05) is 0 Å². The van der Waals surface area contributed by atoms with E-state index in [2.05, 4.69) is 10.0 Å². The first-order valence-electron chi connectivity index (χ1n) is 6.09. The van der Waals surface area contributed by atoms with Crippen LogP contribution in [0.2, 0.25) is 0 Å². The van der Waals surface area contributed by atoms with Gasteiger partial charge in [0.15, 0.2) is 0 Å². The second-order valence-electron chi connectivity index (χ2n) is 4.50. The van der Waals surface area contributed by atoms with E-state index in [1.54, 1.807) is 0 Å².